The zero-order chi connectivity index (χ0) is 33.6. The van der Waals surface area contributed by atoms with Crippen LogP contribution in [0.4, 0.5) is 16.3 Å². The Kier molecular flexibility index (Phi) is 8.91. The van der Waals surface area contributed by atoms with Gasteiger partial charge >= 0.3 is 12.1 Å². The molecule has 0 saturated carbocycles. The van der Waals surface area contributed by atoms with Gasteiger partial charge in [0.05, 0.1) is 35.2 Å². The Balaban J connectivity index is 1.17. The first kappa shape index (κ1) is 32.9. The smallest absolute Gasteiger partial charge is 0.410 e. The lowest BCUT2D eigenvalue weighted by Crippen LogP contribution is -2.50. The molecule has 48 heavy (non-hydrogen) atoms. The maximum atomic E-state index is 12.8. The molecule has 4 aliphatic rings. The highest BCUT2D eigenvalue weighted by Crippen LogP contribution is 2.38. The first-order valence-corrected chi connectivity index (χ1v) is 17.8. The average Bonchev–Trinajstić information content (AvgIpc) is 3.65. The maximum absolute atomic E-state index is 12.8. The van der Waals surface area contributed by atoms with Crippen LogP contribution in [0.5, 0.6) is 6.01 Å². The van der Waals surface area contributed by atoms with Crippen molar-refractivity contribution < 1.29 is 19.0 Å². The molecule has 3 fully saturated rings. The van der Waals surface area contributed by atoms with Crippen molar-refractivity contribution in [1.29, 1.82) is 0 Å². The lowest BCUT2D eigenvalue weighted by Gasteiger charge is -2.39. The third kappa shape index (κ3) is 6.53. The van der Waals surface area contributed by atoms with Crippen molar-refractivity contribution in [3.63, 3.8) is 0 Å². The Morgan fingerprint density at radius 2 is 1.85 bits per heavy atom. The summed E-state index contributed by atoms with van der Waals surface area (Å²) in [5, 5.41) is 5.98. The van der Waals surface area contributed by atoms with E-state index >= 15 is 0 Å². The molecule has 1 amide bonds. The van der Waals surface area contributed by atoms with E-state index in [1.54, 1.807) is 4.90 Å². The number of likely N-dealkylation sites (N-methyl/N-ethyl adjacent to an activating group) is 1. The molecule has 12 nitrogen and oxygen atoms in total. The van der Waals surface area contributed by atoms with Crippen LogP contribution in [0.2, 0.25) is 0 Å². The zero-order valence-electron chi connectivity index (χ0n) is 29.6. The molecule has 0 N–H and O–H groups in total. The van der Waals surface area contributed by atoms with Crippen LogP contribution in [0, 0.1) is 6.92 Å². The number of amides is 1. The number of carbonyl (C=O) groups excluding carboxylic acids is 1. The molecule has 3 saturated heterocycles. The third-order valence-electron chi connectivity index (χ3n) is 10.6. The predicted molar refractivity (Wildman–Crippen MR) is 186 cm³/mol. The van der Waals surface area contributed by atoms with Gasteiger partial charge in [-0.3, -0.25) is 4.90 Å². The number of likely N-dealkylation sites (tertiary alicyclic amines) is 1. The number of hydrogen-bond donors (Lipinski definition) is 0. The van der Waals surface area contributed by atoms with Gasteiger partial charge in [-0.25, -0.2) is 9.48 Å². The highest BCUT2D eigenvalue weighted by atomic mass is 16.6. The van der Waals surface area contributed by atoms with Crippen LogP contribution < -0.4 is 14.5 Å². The Morgan fingerprint density at radius 1 is 1.04 bits per heavy atom. The highest BCUT2D eigenvalue weighted by Gasteiger charge is 2.36. The number of nitrogens with zero attached hydrogens (tertiary/aromatic N) is 8. The van der Waals surface area contributed by atoms with E-state index < -0.39 is 5.60 Å². The van der Waals surface area contributed by atoms with Gasteiger partial charge in [0.1, 0.15) is 18.0 Å². The second-order valence-corrected chi connectivity index (χ2v) is 15.3. The van der Waals surface area contributed by atoms with Crippen LogP contribution in [0.25, 0.3) is 10.9 Å². The van der Waals surface area contributed by atoms with Crippen LogP contribution in [0.1, 0.15) is 82.8 Å². The Bertz CT molecular complexity index is 1640. The van der Waals surface area contributed by atoms with Gasteiger partial charge in [-0.05, 0) is 98.4 Å². The molecule has 0 aliphatic carbocycles. The highest BCUT2D eigenvalue weighted by molar-refractivity contribution is 5.94. The molecule has 7 rings (SSSR count). The van der Waals surface area contributed by atoms with Gasteiger partial charge in [0.15, 0.2) is 6.23 Å². The van der Waals surface area contributed by atoms with Gasteiger partial charge in [-0.2, -0.15) is 15.1 Å². The van der Waals surface area contributed by atoms with E-state index in [1.165, 1.54) is 16.8 Å². The molecule has 1 aromatic carbocycles. The molecular formula is C36H52N8O4. The summed E-state index contributed by atoms with van der Waals surface area (Å²) in [4.78, 5) is 31.9. The quantitative estimate of drug-likeness (QED) is 0.346. The van der Waals surface area contributed by atoms with Gasteiger partial charge in [-0.15, -0.1) is 0 Å². The number of ether oxygens (including phenoxy) is 3. The van der Waals surface area contributed by atoms with Crippen LogP contribution in [-0.4, -0.2) is 106 Å². The molecule has 0 radical (unpaired) electrons. The average molecular weight is 661 g/mol. The zero-order valence-corrected chi connectivity index (χ0v) is 29.6. The Hall–Kier alpha value is -3.64. The van der Waals surface area contributed by atoms with E-state index in [-0.39, 0.29) is 17.9 Å². The van der Waals surface area contributed by atoms with Crippen molar-refractivity contribution in [3.8, 4) is 6.01 Å². The van der Waals surface area contributed by atoms with Crippen LogP contribution in [0.3, 0.4) is 0 Å². The maximum Gasteiger partial charge on any atom is 0.410 e. The number of aromatic nitrogens is 4. The fraction of sp³-hybridized carbons (Fsp3) is 0.667. The molecule has 1 unspecified atom stereocenters. The normalized spacial score (nSPS) is 23.9. The summed E-state index contributed by atoms with van der Waals surface area (Å²) in [5.41, 5.74) is 5.14. The number of hydrogen-bond acceptors (Lipinski definition) is 10. The Labute approximate surface area is 284 Å². The van der Waals surface area contributed by atoms with Crippen molar-refractivity contribution in [3.05, 3.63) is 35.2 Å². The van der Waals surface area contributed by atoms with Crippen LogP contribution in [0.15, 0.2) is 18.3 Å². The standard InChI is InChI=1S/C36H52N8O4/c1-25-11-12-29-27(22-37-44(29)30-10-7-8-21-46-30)31(25)43-16-13-26-28(23-43)38-33(47-24-36(5)14-9-15-40(36)6)39-32(26)41-17-19-42(20-18-41)34(45)48-35(2,3)4/h11-12,22,30H,7-10,13-21,23-24H2,1-6H3/t30?,36-/m0/s1. The second kappa shape index (κ2) is 13.0. The molecule has 2 atom stereocenters. The van der Waals surface area contributed by atoms with E-state index in [4.69, 9.17) is 29.3 Å². The summed E-state index contributed by atoms with van der Waals surface area (Å²) in [5.74, 6) is 0.931. The minimum atomic E-state index is -0.521. The number of piperazine rings is 1. The van der Waals surface area contributed by atoms with Crippen molar-refractivity contribution in [2.75, 3.05) is 69.3 Å². The molecular weight excluding hydrogens is 608 g/mol. The van der Waals surface area contributed by atoms with Crippen molar-refractivity contribution in [2.24, 2.45) is 0 Å². The van der Waals surface area contributed by atoms with Crippen LogP contribution >= 0.6 is 0 Å². The van der Waals surface area contributed by atoms with Crippen molar-refractivity contribution >= 4 is 28.5 Å². The summed E-state index contributed by atoms with van der Waals surface area (Å²) in [6, 6.07) is 4.82. The summed E-state index contributed by atoms with van der Waals surface area (Å²) in [7, 11) is 2.17. The number of carbonyl (C=O) groups is 1. The minimum absolute atomic E-state index is 0.0135. The number of anilines is 2. The summed E-state index contributed by atoms with van der Waals surface area (Å²) >= 11 is 0. The molecule has 4 aliphatic heterocycles. The molecule has 3 aromatic rings. The SMILES string of the molecule is Cc1ccc2c(cnn2C2CCCCO2)c1N1CCc2c(nc(OC[C@]3(C)CCCN3C)nc2N2CCN(C(=O)OC(C)(C)C)CC2)C1. The summed E-state index contributed by atoms with van der Waals surface area (Å²) in [6.45, 7) is 16.6. The van der Waals surface area contributed by atoms with E-state index in [0.717, 1.165) is 80.6 Å². The third-order valence-corrected chi connectivity index (χ3v) is 10.6. The van der Waals surface area contributed by atoms with E-state index in [9.17, 15) is 4.79 Å². The summed E-state index contributed by atoms with van der Waals surface area (Å²) in [6.07, 6.45) is 8.05. The first-order chi connectivity index (χ1) is 23.0. The van der Waals surface area contributed by atoms with Crippen LogP contribution in [-0.2, 0) is 22.4 Å². The van der Waals surface area contributed by atoms with Gasteiger partial charge in [0.25, 0.3) is 0 Å². The predicted octanol–water partition coefficient (Wildman–Crippen LogP) is 5.32. The topological polar surface area (TPSA) is 101 Å². The molecule has 6 heterocycles. The second-order valence-electron chi connectivity index (χ2n) is 15.3. The van der Waals surface area contributed by atoms with Gasteiger partial charge in [0.2, 0.25) is 0 Å². The molecule has 0 bridgehead atoms. The van der Waals surface area contributed by atoms with E-state index in [1.807, 2.05) is 27.0 Å². The lowest BCUT2D eigenvalue weighted by atomic mass is 10.0. The van der Waals surface area contributed by atoms with Gasteiger partial charge < -0.3 is 28.9 Å². The molecule has 0 spiro atoms. The number of aryl methyl sites for hydroxylation is 1. The number of fused-ring (bicyclic) bond motifs is 2. The first-order valence-electron chi connectivity index (χ1n) is 17.8. The molecule has 2 aromatic heterocycles. The number of rotatable bonds is 6. The monoisotopic (exact) mass is 660 g/mol. The molecule has 260 valence electrons. The van der Waals surface area contributed by atoms with E-state index in [2.05, 4.69) is 52.4 Å². The fourth-order valence-electron chi connectivity index (χ4n) is 7.67. The molecule has 12 heteroatoms. The van der Waals surface area contributed by atoms with E-state index in [0.29, 0.717) is 45.3 Å². The van der Waals surface area contributed by atoms with Crippen molar-refractivity contribution in [2.45, 2.75) is 97.1 Å². The summed E-state index contributed by atoms with van der Waals surface area (Å²) < 4.78 is 20.3. The van der Waals surface area contributed by atoms with Crippen molar-refractivity contribution in [1.82, 2.24) is 29.5 Å². The van der Waals surface area contributed by atoms with Gasteiger partial charge in [-0.1, -0.05) is 6.07 Å². The largest absolute Gasteiger partial charge is 0.461 e. The minimum Gasteiger partial charge on any atom is -0.461 e. The number of benzene rings is 1. The Morgan fingerprint density at radius 3 is 2.56 bits per heavy atom. The fourth-order valence-corrected chi connectivity index (χ4v) is 7.67. The van der Waals surface area contributed by atoms with Gasteiger partial charge in [0, 0.05) is 50.3 Å². The lowest BCUT2D eigenvalue weighted by molar-refractivity contribution is -0.0366.